The number of thiophene rings is 1. The van der Waals surface area contributed by atoms with Crippen molar-refractivity contribution in [2.45, 2.75) is 27.3 Å². The predicted molar refractivity (Wildman–Crippen MR) is 131 cm³/mol. The van der Waals surface area contributed by atoms with Crippen LogP contribution in [0.3, 0.4) is 0 Å². The van der Waals surface area contributed by atoms with Gasteiger partial charge in [0.05, 0.1) is 35.0 Å². The molecule has 1 aliphatic rings. The molecule has 5 rings (SSSR count). The molecule has 0 spiro atoms. The third-order valence-corrected chi connectivity index (χ3v) is 6.89. The van der Waals surface area contributed by atoms with Crippen molar-refractivity contribution in [1.29, 1.82) is 0 Å². The summed E-state index contributed by atoms with van der Waals surface area (Å²) >= 11 is 1.69. The smallest absolute Gasteiger partial charge is 0.227 e. The molecule has 170 valence electrons. The SMILES string of the molecule is Cc1cnc(Nc2cccc(CN3CCOCC3)c2)nc1-c1ccc(-c2c(C)noc2C)s1. The van der Waals surface area contributed by atoms with Gasteiger partial charge in [-0.1, -0.05) is 17.3 Å². The molecule has 1 fully saturated rings. The van der Waals surface area contributed by atoms with Crippen LogP contribution in [0, 0.1) is 20.8 Å². The van der Waals surface area contributed by atoms with Gasteiger partial charge in [-0.3, -0.25) is 4.90 Å². The van der Waals surface area contributed by atoms with Gasteiger partial charge in [-0.2, -0.15) is 0 Å². The van der Waals surface area contributed by atoms with Crippen LogP contribution in [0.15, 0.2) is 47.1 Å². The number of nitrogens with zero attached hydrogens (tertiary/aromatic N) is 4. The Morgan fingerprint density at radius 2 is 1.88 bits per heavy atom. The second-order valence-corrected chi connectivity index (χ2v) is 9.39. The summed E-state index contributed by atoms with van der Waals surface area (Å²) in [4.78, 5) is 14.0. The van der Waals surface area contributed by atoms with Crippen molar-refractivity contribution < 1.29 is 9.26 Å². The van der Waals surface area contributed by atoms with Gasteiger partial charge in [0.25, 0.3) is 0 Å². The van der Waals surface area contributed by atoms with Gasteiger partial charge in [-0.25, -0.2) is 9.97 Å². The Hall–Kier alpha value is -3.07. The normalized spacial score (nSPS) is 14.5. The standard InChI is InChI=1S/C25H27N5O2S/c1-16-14-26-25(27-20-6-4-5-19(13-20)15-30-9-11-31-12-10-30)28-24(16)22-8-7-21(33-22)23-17(2)29-32-18(23)3/h4-8,13-14H,9-12,15H2,1-3H3,(H,26,27,28). The third-order valence-electron chi connectivity index (χ3n) is 5.78. The Bertz CT molecular complexity index is 1240. The topological polar surface area (TPSA) is 76.3 Å². The Morgan fingerprint density at radius 1 is 1.06 bits per heavy atom. The molecule has 0 amide bonds. The first-order chi connectivity index (χ1) is 16.1. The molecule has 1 aromatic carbocycles. The van der Waals surface area contributed by atoms with Crippen LogP contribution in [0.1, 0.15) is 22.6 Å². The Morgan fingerprint density at radius 3 is 2.67 bits per heavy atom. The molecule has 3 aromatic heterocycles. The molecule has 0 radical (unpaired) electrons. The molecule has 7 nitrogen and oxygen atoms in total. The number of benzene rings is 1. The summed E-state index contributed by atoms with van der Waals surface area (Å²) in [7, 11) is 0. The van der Waals surface area contributed by atoms with Crippen molar-refractivity contribution in [2.75, 3.05) is 31.6 Å². The minimum atomic E-state index is 0.589. The van der Waals surface area contributed by atoms with Crippen molar-refractivity contribution in [3.63, 3.8) is 0 Å². The van der Waals surface area contributed by atoms with Gasteiger partial charge in [0.1, 0.15) is 5.76 Å². The van der Waals surface area contributed by atoms with E-state index in [4.69, 9.17) is 14.2 Å². The summed E-state index contributed by atoms with van der Waals surface area (Å²) in [5, 5.41) is 7.47. The van der Waals surface area contributed by atoms with Crippen molar-refractivity contribution in [1.82, 2.24) is 20.0 Å². The van der Waals surface area contributed by atoms with E-state index in [2.05, 4.69) is 50.7 Å². The summed E-state index contributed by atoms with van der Waals surface area (Å²) in [6.07, 6.45) is 1.87. The van der Waals surface area contributed by atoms with Crippen LogP contribution in [0.5, 0.6) is 0 Å². The zero-order valence-corrected chi connectivity index (χ0v) is 19.9. The van der Waals surface area contributed by atoms with Gasteiger partial charge >= 0.3 is 0 Å². The van der Waals surface area contributed by atoms with Crippen LogP contribution in [0.4, 0.5) is 11.6 Å². The van der Waals surface area contributed by atoms with Crippen LogP contribution >= 0.6 is 11.3 Å². The van der Waals surface area contributed by atoms with Gasteiger partial charge in [-0.15, -0.1) is 11.3 Å². The summed E-state index contributed by atoms with van der Waals surface area (Å²) in [6.45, 7) is 10.4. The molecule has 0 bridgehead atoms. The third kappa shape index (κ3) is 4.83. The summed E-state index contributed by atoms with van der Waals surface area (Å²) in [6, 6.07) is 12.7. The zero-order valence-electron chi connectivity index (χ0n) is 19.1. The number of rotatable bonds is 6. The molecule has 0 atom stereocenters. The van der Waals surface area contributed by atoms with Crippen LogP contribution in [0.25, 0.3) is 21.0 Å². The first kappa shape index (κ1) is 21.8. The first-order valence-electron chi connectivity index (χ1n) is 11.1. The molecule has 4 aromatic rings. The lowest BCUT2D eigenvalue weighted by Gasteiger charge is -2.26. The highest BCUT2D eigenvalue weighted by Gasteiger charge is 2.16. The average molecular weight is 462 g/mol. The largest absolute Gasteiger partial charge is 0.379 e. The monoisotopic (exact) mass is 461 g/mol. The van der Waals surface area contributed by atoms with Gasteiger partial charge in [-0.05, 0) is 56.2 Å². The number of ether oxygens (including phenoxy) is 1. The molecule has 4 heterocycles. The second kappa shape index (κ2) is 9.43. The fourth-order valence-electron chi connectivity index (χ4n) is 4.08. The highest BCUT2D eigenvalue weighted by Crippen LogP contribution is 2.38. The van der Waals surface area contributed by atoms with Crippen molar-refractivity contribution in [3.05, 3.63) is 65.2 Å². The van der Waals surface area contributed by atoms with E-state index < -0.39 is 0 Å². The number of hydrogen-bond donors (Lipinski definition) is 1. The molecule has 1 saturated heterocycles. The Kier molecular flexibility index (Phi) is 6.22. The van der Waals surface area contributed by atoms with E-state index in [0.717, 1.165) is 76.6 Å². The van der Waals surface area contributed by atoms with Gasteiger partial charge in [0.15, 0.2) is 0 Å². The van der Waals surface area contributed by atoms with E-state index in [0.29, 0.717) is 5.95 Å². The van der Waals surface area contributed by atoms with E-state index in [1.165, 1.54) is 5.56 Å². The molecule has 1 N–H and O–H groups in total. The van der Waals surface area contributed by atoms with E-state index in [-0.39, 0.29) is 0 Å². The van der Waals surface area contributed by atoms with Gasteiger partial charge < -0.3 is 14.6 Å². The molecular formula is C25H27N5O2S. The van der Waals surface area contributed by atoms with E-state index in [1.54, 1.807) is 11.3 Å². The molecule has 0 saturated carbocycles. The highest BCUT2D eigenvalue weighted by atomic mass is 32.1. The zero-order chi connectivity index (χ0) is 22.8. The number of hydrogen-bond acceptors (Lipinski definition) is 8. The molecular weight excluding hydrogens is 434 g/mol. The quantitative estimate of drug-likeness (QED) is 0.414. The molecule has 0 unspecified atom stereocenters. The van der Waals surface area contributed by atoms with Crippen LogP contribution < -0.4 is 5.32 Å². The molecule has 0 aliphatic carbocycles. The first-order valence-corrected chi connectivity index (χ1v) is 11.9. The number of anilines is 2. The lowest BCUT2D eigenvalue weighted by atomic mass is 10.1. The lowest BCUT2D eigenvalue weighted by molar-refractivity contribution is 0.0342. The van der Waals surface area contributed by atoms with Gasteiger partial charge in [0.2, 0.25) is 5.95 Å². The molecule has 1 aliphatic heterocycles. The fourth-order valence-corrected chi connectivity index (χ4v) is 5.29. The predicted octanol–water partition coefficient (Wildman–Crippen LogP) is 5.36. The Labute approximate surface area is 197 Å². The van der Waals surface area contributed by atoms with Gasteiger partial charge in [0, 0.05) is 36.4 Å². The number of morpholine rings is 1. The average Bonchev–Trinajstić information content (AvgIpc) is 3.42. The fraction of sp³-hybridized carbons (Fsp3) is 0.320. The number of aromatic nitrogens is 3. The Balaban J connectivity index is 1.36. The maximum atomic E-state index is 5.45. The maximum Gasteiger partial charge on any atom is 0.227 e. The molecule has 8 heteroatoms. The van der Waals surface area contributed by atoms with Crippen molar-refractivity contribution in [3.8, 4) is 21.0 Å². The van der Waals surface area contributed by atoms with E-state index in [1.807, 2.05) is 33.0 Å². The van der Waals surface area contributed by atoms with Crippen LogP contribution in [-0.4, -0.2) is 46.3 Å². The summed E-state index contributed by atoms with van der Waals surface area (Å²) < 4.78 is 10.8. The second-order valence-electron chi connectivity index (χ2n) is 8.30. The maximum absolute atomic E-state index is 5.45. The summed E-state index contributed by atoms with van der Waals surface area (Å²) in [5.41, 5.74) is 6.18. The van der Waals surface area contributed by atoms with Crippen molar-refractivity contribution in [2.24, 2.45) is 0 Å². The number of nitrogens with one attached hydrogen (secondary N) is 1. The summed E-state index contributed by atoms with van der Waals surface area (Å²) in [5.74, 6) is 1.42. The van der Waals surface area contributed by atoms with Crippen LogP contribution in [0.2, 0.25) is 0 Å². The van der Waals surface area contributed by atoms with Crippen molar-refractivity contribution >= 4 is 23.0 Å². The number of aryl methyl sites for hydroxylation is 3. The minimum Gasteiger partial charge on any atom is -0.379 e. The highest BCUT2D eigenvalue weighted by molar-refractivity contribution is 7.18. The molecule has 33 heavy (non-hydrogen) atoms. The van der Waals surface area contributed by atoms with E-state index >= 15 is 0 Å². The minimum absolute atomic E-state index is 0.589. The van der Waals surface area contributed by atoms with E-state index in [9.17, 15) is 0 Å². The lowest BCUT2D eigenvalue weighted by Crippen LogP contribution is -2.35. The van der Waals surface area contributed by atoms with Crippen LogP contribution in [-0.2, 0) is 11.3 Å².